The van der Waals surface area contributed by atoms with Crippen LogP contribution >= 0.6 is 11.8 Å². The molecule has 3 rings (SSSR count). The minimum atomic E-state index is -0.894. The van der Waals surface area contributed by atoms with Crippen LogP contribution in [0.4, 0.5) is 0 Å². The molecule has 1 aromatic carbocycles. The molecule has 1 amide bonds. The second-order valence-electron chi connectivity index (χ2n) is 6.21. The lowest BCUT2D eigenvalue weighted by Crippen LogP contribution is -2.39. The number of hydrogen-bond donors (Lipinski definition) is 1. The van der Waals surface area contributed by atoms with Crippen molar-refractivity contribution in [2.24, 2.45) is 5.92 Å². The standard InChI is InChI=1S/C17H21N3O3S/c1-12-6-8-19(9-7-12)15(21)10-20-14-5-3-2-4-13(14)18-17(20)24-11-16(22)23/h2-5,12H,6-11H2,1H3,(H,22,23). The third kappa shape index (κ3) is 3.72. The number of likely N-dealkylation sites (tertiary alicyclic amines) is 1. The first-order valence-corrected chi connectivity index (χ1v) is 9.11. The lowest BCUT2D eigenvalue weighted by molar-refractivity contribution is -0.134. The van der Waals surface area contributed by atoms with Crippen LogP contribution in [-0.2, 0) is 16.1 Å². The lowest BCUT2D eigenvalue weighted by Gasteiger charge is -2.30. The van der Waals surface area contributed by atoms with Crippen LogP contribution in [0.1, 0.15) is 19.8 Å². The fourth-order valence-electron chi connectivity index (χ4n) is 2.94. The van der Waals surface area contributed by atoms with Gasteiger partial charge in [-0.25, -0.2) is 4.98 Å². The third-order valence-corrected chi connectivity index (χ3v) is 5.34. The molecule has 0 aliphatic carbocycles. The Morgan fingerprint density at radius 2 is 2.00 bits per heavy atom. The number of hydrogen-bond acceptors (Lipinski definition) is 4. The number of para-hydroxylation sites is 2. The highest BCUT2D eigenvalue weighted by molar-refractivity contribution is 7.99. The molecule has 0 bridgehead atoms. The Morgan fingerprint density at radius 3 is 2.71 bits per heavy atom. The number of rotatable bonds is 5. The van der Waals surface area contributed by atoms with Crippen LogP contribution in [0.2, 0.25) is 0 Å². The fourth-order valence-corrected chi connectivity index (χ4v) is 3.67. The molecule has 1 saturated heterocycles. The van der Waals surface area contributed by atoms with Gasteiger partial charge in [0.1, 0.15) is 6.54 Å². The van der Waals surface area contributed by atoms with E-state index in [1.807, 2.05) is 33.7 Å². The van der Waals surface area contributed by atoms with Gasteiger partial charge in [-0.05, 0) is 30.9 Å². The summed E-state index contributed by atoms with van der Waals surface area (Å²) in [6.07, 6.45) is 2.08. The maximum Gasteiger partial charge on any atom is 0.313 e. The van der Waals surface area contributed by atoms with Crippen LogP contribution in [0.3, 0.4) is 0 Å². The number of piperidine rings is 1. The predicted octanol–water partition coefficient (Wildman–Crippen LogP) is 2.47. The number of aliphatic carboxylic acids is 1. The molecule has 6 nitrogen and oxygen atoms in total. The molecule has 2 heterocycles. The number of nitrogens with zero attached hydrogens (tertiary/aromatic N) is 3. The third-order valence-electron chi connectivity index (χ3n) is 4.37. The highest BCUT2D eigenvalue weighted by Crippen LogP contribution is 2.25. The summed E-state index contributed by atoms with van der Waals surface area (Å²) in [5, 5.41) is 9.50. The number of benzene rings is 1. The van der Waals surface area contributed by atoms with Gasteiger partial charge >= 0.3 is 5.97 Å². The summed E-state index contributed by atoms with van der Waals surface area (Å²) in [6.45, 7) is 4.01. The topological polar surface area (TPSA) is 75.4 Å². The first-order valence-electron chi connectivity index (χ1n) is 8.12. The molecule has 2 aromatic rings. The van der Waals surface area contributed by atoms with Crippen molar-refractivity contribution in [3.63, 3.8) is 0 Å². The summed E-state index contributed by atoms with van der Waals surface area (Å²) in [5.74, 6) is -0.222. The quantitative estimate of drug-likeness (QED) is 0.841. The van der Waals surface area contributed by atoms with Gasteiger partial charge in [-0.3, -0.25) is 9.59 Å². The van der Waals surface area contributed by atoms with Gasteiger partial charge in [-0.1, -0.05) is 30.8 Å². The zero-order chi connectivity index (χ0) is 17.1. The average Bonchev–Trinajstić information content (AvgIpc) is 2.91. The molecular weight excluding hydrogens is 326 g/mol. The zero-order valence-electron chi connectivity index (χ0n) is 13.6. The second-order valence-corrected chi connectivity index (χ2v) is 7.16. The van der Waals surface area contributed by atoms with E-state index in [9.17, 15) is 9.59 Å². The summed E-state index contributed by atoms with van der Waals surface area (Å²) in [4.78, 5) is 29.9. The van der Waals surface area contributed by atoms with Crippen LogP contribution < -0.4 is 0 Å². The Bertz CT molecular complexity index is 751. The first kappa shape index (κ1) is 16.8. The molecule has 128 valence electrons. The second kappa shape index (κ2) is 7.25. The largest absolute Gasteiger partial charge is 0.481 e. The van der Waals surface area contributed by atoms with E-state index < -0.39 is 5.97 Å². The lowest BCUT2D eigenvalue weighted by atomic mass is 9.99. The fraction of sp³-hybridized carbons (Fsp3) is 0.471. The van der Waals surface area contributed by atoms with Crippen molar-refractivity contribution in [2.75, 3.05) is 18.8 Å². The maximum atomic E-state index is 12.7. The highest BCUT2D eigenvalue weighted by Gasteiger charge is 2.22. The van der Waals surface area contributed by atoms with E-state index in [0.29, 0.717) is 11.1 Å². The normalized spacial score (nSPS) is 15.8. The molecule has 1 aromatic heterocycles. The number of carbonyl (C=O) groups excluding carboxylic acids is 1. The van der Waals surface area contributed by atoms with Gasteiger partial charge in [0, 0.05) is 13.1 Å². The van der Waals surface area contributed by atoms with E-state index in [-0.39, 0.29) is 18.2 Å². The number of amides is 1. The summed E-state index contributed by atoms with van der Waals surface area (Å²) in [7, 11) is 0. The van der Waals surface area contributed by atoms with Crippen LogP contribution in [0, 0.1) is 5.92 Å². The van der Waals surface area contributed by atoms with Crippen molar-refractivity contribution in [1.82, 2.24) is 14.5 Å². The summed E-state index contributed by atoms with van der Waals surface area (Å²) >= 11 is 1.15. The molecule has 0 radical (unpaired) electrons. The Kier molecular flexibility index (Phi) is 5.08. The van der Waals surface area contributed by atoms with Crippen molar-refractivity contribution in [3.8, 4) is 0 Å². The molecular formula is C17H21N3O3S. The van der Waals surface area contributed by atoms with Gasteiger partial charge in [0.05, 0.1) is 16.8 Å². The molecule has 1 aliphatic rings. The number of aromatic nitrogens is 2. The van der Waals surface area contributed by atoms with Crippen LogP contribution in [-0.4, -0.2) is 50.3 Å². The highest BCUT2D eigenvalue weighted by atomic mass is 32.2. The number of carboxylic acid groups (broad SMARTS) is 1. The molecule has 1 fully saturated rings. The van der Waals surface area contributed by atoms with Crippen LogP contribution in [0.5, 0.6) is 0 Å². The van der Waals surface area contributed by atoms with Gasteiger partial charge in [-0.2, -0.15) is 0 Å². The van der Waals surface area contributed by atoms with E-state index in [1.165, 1.54) is 0 Å². The Labute approximate surface area is 144 Å². The van der Waals surface area contributed by atoms with Crippen molar-refractivity contribution in [2.45, 2.75) is 31.5 Å². The van der Waals surface area contributed by atoms with Gasteiger partial charge < -0.3 is 14.6 Å². The maximum absolute atomic E-state index is 12.7. The molecule has 24 heavy (non-hydrogen) atoms. The van der Waals surface area contributed by atoms with Crippen molar-refractivity contribution in [1.29, 1.82) is 0 Å². The van der Waals surface area contributed by atoms with Crippen LogP contribution in [0.25, 0.3) is 11.0 Å². The van der Waals surface area contributed by atoms with E-state index >= 15 is 0 Å². The van der Waals surface area contributed by atoms with E-state index in [1.54, 1.807) is 0 Å². The minimum absolute atomic E-state index is 0.0707. The monoisotopic (exact) mass is 347 g/mol. The number of carbonyl (C=O) groups is 2. The van der Waals surface area contributed by atoms with Crippen molar-refractivity contribution in [3.05, 3.63) is 24.3 Å². The van der Waals surface area contributed by atoms with Gasteiger partial charge in [0.2, 0.25) is 5.91 Å². The molecule has 0 atom stereocenters. The van der Waals surface area contributed by atoms with Crippen molar-refractivity contribution < 1.29 is 14.7 Å². The Hall–Kier alpha value is -2.02. The Morgan fingerprint density at radius 1 is 1.29 bits per heavy atom. The number of carboxylic acids is 1. The van der Waals surface area contributed by atoms with E-state index in [4.69, 9.17) is 5.11 Å². The van der Waals surface area contributed by atoms with Gasteiger partial charge in [-0.15, -0.1) is 0 Å². The summed E-state index contributed by atoms with van der Waals surface area (Å²) in [6, 6.07) is 7.58. The van der Waals surface area contributed by atoms with Crippen LogP contribution in [0.15, 0.2) is 29.4 Å². The smallest absolute Gasteiger partial charge is 0.313 e. The SMILES string of the molecule is CC1CCN(C(=O)Cn2c(SCC(=O)O)nc3ccccc32)CC1. The van der Waals surface area contributed by atoms with Crippen molar-refractivity contribution >= 4 is 34.7 Å². The summed E-state index contributed by atoms with van der Waals surface area (Å²) < 4.78 is 1.84. The van der Waals surface area contributed by atoms with E-state index in [0.717, 1.165) is 48.7 Å². The number of fused-ring (bicyclic) bond motifs is 1. The zero-order valence-corrected chi connectivity index (χ0v) is 14.5. The van der Waals surface area contributed by atoms with Gasteiger partial charge in [0.25, 0.3) is 0 Å². The molecule has 1 N–H and O–H groups in total. The molecule has 1 aliphatic heterocycles. The number of thioether (sulfide) groups is 1. The first-order chi connectivity index (χ1) is 11.5. The van der Waals surface area contributed by atoms with Gasteiger partial charge in [0.15, 0.2) is 5.16 Å². The molecule has 0 unspecified atom stereocenters. The molecule has 0 spiro atoms. The average molecular weight is 347 g/mol. The summed E-state index contributed by atoms with van der Waals surface area (Å²) in [5.41, 5.74) is 1.65. The molecule has 7 heteroatoms. The molecule has 0 saturated carbocycles. The minimum Gasteiger partial charge on any atom is -0.481 e. The van der Waals surface area contributed by atoms with E-state index in [2.05, 4.69) is 11.9 Å². The Balaban J connectivity index is 1.82. The number of imidazole rings is 1. The predicted molar refractivity (Wildman–Crippen MR) is 93.1 cm³/mol.